The van der Waals surface area contributed by atoms with E-state index in [-0.39, 0.29) is 0 Å². The van der Waals surface area contributed by atoms with Crippen LogP contribution in [-0.4, -0.2) is 19.0 Å². The van der Waals surface area contributed by atoms with Crippen molar-refractivity contribution in [3.8, 4) is 0 Å². The van der Waals surface area contributed by atoms with Crippen LogP contribution in [-0.2, 0) is 6.54 Å². The van der Waals surface area contributed by atoms with E-state index in [9.17, 15) is 0 Å². The molecule has 0 aromatic carbocycles. The molecule has 1 radical (unpaired) electrons. The van der Waals surface area contributed by atoms with E-state index in [2.05, 4.69) is 44.5 Å². The lowest BCUT2D eigenvalue weighted by Gasteiger charge is -2.05. The number of thiophene rings is 1. The molecule has 0 saturated carbocycles. The average Bonchev–Trinajstić information content (AvgIpc) is 2.34. The molecule has 1 aromatic rings. The van der Waals surface area contributed by atoms with Crippen LogP contribution in [0.2, 0.25) is 0 Å². The molecular formula is C9H14NS. The zero-order chi connectivity index (χ0) is 8.27. The Hall–Kier alpha value is -0.340. The van der Waals surface area contributed by atoms with Crippen molar-refractivity contribution < 1.29 is 0 Å². The van der Waals surface area contributed by atoms with E-state index in [1.165, 1.54) is 9.75 Å². The van der Waals surface area contributed by atoms with Crippen molar-refractivity contribution in [2.45, 2.75) is 13.5 Å². The van der Waals surface area contributed by atoms with E-state index in [1.807, 2.05) is 11.3 Å². The largest absolute Gasteiger partial charge is 0.304 e. The van der Waals surface area contributed by atoms with Crippen LogP contribution in [0.5, 0.6) is 0 Å². The highest BCUT2D eigenvalue weighted by atomic mass is 32.1. The molecule has 1 heterocycles. The Bertz CT molecular complexity index is 215. The molecule has 0 saturated heterocycles. The third-order valence-corrected chi connectivity index (χ3v) is 2.57. The monoisotopic (exact) mass is 168 g/mol. The van der Waals surface area contributed by atoms with Crippen LogP contribution < -0.4 is 0 Å². The van der Waals surface area contributed by atoms with Gasteiger partial charge in [0.1, 0.15) is 0 Å². The molecule has 0 spiro atoms. The molecule has 2 heteroatoms. The van der Waals surface area contributed by atoms with Gasteiger partial charge in [-0.3, -0.25) is 0 Å². The molecular weight excluding hydrogens is 154 g/mol. The molecule has 0 atom stereocenters. The summed E-state index contributed by atoms with van der Waals surface area (Å²) in [6, 6.07) is 4.36. The van der Waals surface area contributed by atoms with Crippen molar-refractivity contribution >= 4 is 11.3 Å². The molecule has 0 aliphatic carbocycles. The summed E-state index contributed by atoms with van der Waals surface area (Å²) in [5, 5.41) is 0. The minimum atomic E-state index is 1.05. The molecule has 0 bridgehead atoms. The van der Waals surface area contributed by atoms with Gasteiger partial charge in [-0.05, 0) is 32.6 Å². The topological polar surface area (TPSA) is 3.24 Å². The fourth-order valence-electron chi connectivity index (χ4n) is 0.946. The maximum atomic E-state index is 2.19. The van der Waals surface area contributed by atoms with Gasteiger partial charge in [0.2, 0.25) is 0 Å². The molecule has 1 aromatic heterocycles. The molecule has 11 heavy (non-hydrogen) atoms. The number of hydrogen-bond acceptors (Lipinski definition) is 2. The quantitative estimate of drug-likeness (QED) is 0.670. The Morgan fingerprint density at radius 3 is 2.64 bits per heavy atom. The SMILES string of the molecule is C[CH]c1ccc(CN(C)C)s1. The van der Waals surface area contributed by atoms with E-state index in [0.29, 0.717) is 0 Å². The van der Waals surface area contributed by atoms with Gasteiger partial charge in [0, 0.05) is 16.3 Å². The second-order valence-corrected chi connectivity index (χ2v) is 4.03. The fourth-order valence-corrected chi connectivity index (χ4v) is 1.96. The molecule has 1 nitrogen and oxygen atoms in total. The van der Waals surface area contributed by atoms with Gasteiger partial charge in [-0.25, -0.2) is 0 Å². The third-order valence-electron chi connectivity index (χ3n) is 1.44. The van der Waals surface area contributed by atoms with Crippen molar-refractivity contribution in [2.75, 3.05) is 14.1 Å². The van der Waals surface area contributed by atoms with Crippen molar-refractivity contribution in [1.82, 2.24) is 4.90 Å². The number of hydrogen-bond donors (Lipinski definition) is 0. The van der Waals surface area contributed by atoms with Crippen LogP contribution in [0.15, 0.2) is 12.1 Å². The fraction of sp³-hybridized carbons (Fsp3) is 0.444. The summed E-state index contributed by atoms with van der Waals surface area (Å²) < 4.78 is 0. The molecule has 0 amide bonds. The lowest BCUT2D eigenvalue weighted by molar-refractivity contribution is 0.406. The summed E-state index contributed by atoms with van der Waals surface area (Å²) in [6.07, 6.45) is 2.14. The molecule has 0 aliphatic heterocycles. The summed E-state index contributed by atoms with van der Waals surface area (Å²) in [5.41, 5.74) is 0. The molecule has 0 fully saturated rings. The Morgan fingerprint density at radius 1 is 1.45 bits per heavy atom. The maximum absolute atomic E-state index is 2.19. The lowest BCUT2D eigenvalue weighted by atomic mass is 10.3. The van der Waals surface area contributed by atoms with E-state index in [4.69, 9.17) is 0 Å². The second-order valence-electron chi connectivity index (χ2n) is 2.83. The van der Waals surface area contributed by atoms with Gasteiger partial charge in [0.15, 0.2) is 0 Å². The molecule has 0 aliphatic rings. The predicted molar refractivity (Wildman–Crippen MR) is 50.8 cm³/mol. The van der Waals surface area contributed by atoms with Gasteiger partial charge >= 0.3 is 0 Å². The van der Waals surface area contributed by atoms with Crippen LogP contribution in [0.1, 0.15) is 16.7 Å². The summed E-state index contributed by atoms with van der Waals surface area (Å²) in [5.74, 6) is 0. The van der Waals surface area contributed by atoms with Gasteiger partial charge in [0.25, 0.3) is 0 Å². The summed E-state index contributed by atoms with van der Waals surface area (Å²) in [6.45, 7) is 3.13. The van der Waals surface area contributed by atoms with Gasteiger partial charge in [-0.2, -0.15) is 0 Å². The smallest absolute Gasteiger partial charge is 0.0321 e. The zero-order valence-electron chi connectivity index (χ0n) is 7.29. The molecule has 1 rings (SSSR count). The van der Waals surface area contributed by atoms with Gasteiger partial charge < -0.3 is 4.90 Å². The number of nitrogens with zero attached hydrogens (tertiary/aromatic N) is 1. The van der Waals surface area contributed by atoms with Crippen LogP contribution in [0.3, 0.4) is 0 Å². The standard InChI is InChI=1S/C9H14NS/c1-4-8-5-6-9(11-8)7-10(2)3/h4-6H,7H2,1-3H3. The molecule has 61 valence electrons. The maximum Gasteiger partial charge on any atom is 0.0321 e. The van der Waals surface area contributed by atoms with E-state index in [0.717, 1.165) is 6.54 Å². The van der Waals surface area contributed by atoms with Crippen molar-refractivity contribution in [2.24, 2.45) is 0 Å². The lowest BCUT2D eigenvalue weighted by Crippen LogP contribution is -2.09. The second kappa shape index (κ2) is 3.88. The Balaban J connectivity index is 2.58. The van der Waals surface area contributed by atoms with Gasteiger partial charge in [-0.15, -0.1) is 11.3 Å². The van der Waals surface area contributed by atoms with E-state index < -0.39 is 0 Å². The van der Waals surface area contributed by atoms with Crippen molar-refractivity contribution in [3.63, 3.8) is 0 Å². The van der Waals surface area contributed by atoms with E-state index in [1.54, 1.807) is 0 Å². The highest BCUT2D eigenvalue weighted by molar-refractivity contribution is 7.12. The Morgan fingerprint density at radius 2 is 2.18 bits per heavy atom. The van der Waals surface area contributed by atoms with Crippen molar-refractivity contribution in [1.29, 1.82) is 0 Å². The predicted octanol–water partition coefficient (Wildman–Crippen LogP) is 2.38. The summed E-state index contributed by atoms with van der Waals surface area (Å²) in [4.78, 5) is 4.98. The van der Waals surface area contributed by atoms with Crippen LogP contribution in [0.4, 0.5) is 0 Å². The first-order valence-electron chi connectivity index (χ1n) is 3.75. The van der Waals surface area contributed by atoms with Gasteiger partial charge in [-0.1, -0.05) is 6.92 Å². The van der Waals surface area contributed by atoms with Crippen molar-refractivity contribution in [3.05, 3.63) is 28.3 Å². The van der Waals surface area contributed by atoms with E-state index >= 15 is 0 Å². The Labute approximate surface area is 72.7 Å². The highest BCUT2D eigenvalue weighted by Gasteiger charge is 1.98. The Kier molecular flexibility index (Phi) is 3.09. The third kappa shape index (κ3) is 2.64. The highest BCUT2D eigenvalue weighted by Crippen LogP contribution is 2.18. The zero-order valence-corrected chi connectivity index (χ0v) is 8.11. The van der Waals surface area contributed by atoms with Crippen LogP contribution >= 0.6 is 11.3 Å². The normalized spacial score (nSPS) is 10.9. The van der Waals surface area contributed by atoms with Crippen LogP contribution in [0.25, 0.3) is 0 Å². The number of rotatable bonds is 3. The minimum absolute atomic E-state index is 1.05. The average molecular weight is 168 g/mol. The first kappa shape index (κ1) is 8.75. The summed E-state index contributed by atoms with van der Waals surface area (Å²) >= 11 is 1.86. The minimum Gasteiger partial charge on any atom is -0.304 e. The molecule has 0 unspecified atom stereocenters. The van der Waals surface area contributed by atoms with Crippen LogP contribution in [0, 0.1) is 6.42 Å². The van der Waals surface area contributed by atoms with Gasteiger partial charge in [0.05, 0.1) is 0 Å². The molecule has 0 N–H and O–H groups in total. The summed E-state index contributed by atoms with van der Waals surface area (Å²) in [7, 11) is 4.18. The first-order chi connectivity index (χ1) is 5.22. The first-order valence-corrected chi connectivity index (χ1v) is 4.57.